The van der Waals surface area contributed by atoms with Crippen LogP contribution in [0.15, 0.2) is 0 Å². The predicted octanol–water partition coefficient (Wildman–Crippen LogP) is 15.9. The van der Waals surface area contributed by atoms with Gasteiger partial charge in [-0.15, -0.1) is 0 Å². The van der Waals surface area contributed by atoms with Crippen molar-refractivity contribution in [3.8, 4) is 0 Å². The Morgan fingerprint density at radius 2 is 0.833 bits per heavy atom. The van der Waals surface area contributed by atoms with Crippen LogP contribution in [0.1, 0.15) is 268 Å². The summed E-state index contributed by atoms with van der Waals surface area (Å²) in [5.41, 5.74) is 0. The van der Waals surface area contributed by atoms with Crippen LogP contribution < -0.4 is 5.32 Å². The fourth-order valence-electron chi connectivity index (χ4n) is 8.25. The fourth-order valence-corrected chi connectivity index (χ4v) is 8.25. The molecule has 1 N–H and O–H groups in total. The normalized spacial score (nSPS) is 13.6. The third kappa shape index (κ3) is 40.9. The largest absolute Gasteiger partial charge is 0.465 e. The first-order valence-electron chi connectivity index (χ1n) is 26.6. The van der Waals surface area contributed by atoms with Gasteiger partial charge in [0.1, 0.15) is 6.79 Å². The van der Waals surface area contributed by atoms with Crippen molar-refractivity contribution in [2.24, 2.45) is 17.8 Å². The fraction of sp³-hybridized carbons (Fsp3) is 0.962. The molecular formula is C53H107NO6. The molecule has 0 amide bonds. The molecule has 0 aliphatic rings. The van der Waals surface area contributed by atoms with E-state index in [0.29, 0.717) is 56.6 Å². The van der Waals surface area contributed by atoms with E-state index in [1.54, 1.807) is 0 Å². The lowest BCUT2D eigenvalue weighted by Gasteiger charge is -2.19. The number of unbranched alkanes of at least 4 members (excludes halogenated alkanes) is 18. The summed E-state index contributed by atoms with van der Waals surface area (Å²) in [6.07, 6.45) is 41.1. The van der Waals surface area contributed by atoms with E-state index in [1.807, 2.05) is 0 Å². The van der Waals surface area contributed by atoms with E-state index in [0.717, 1.165) is 64.7 Å². The number of carbonyl (C=O) groups is 2. The molecule has 0 fully saturated rings. The third-order valence-corrected chi connectivity index (χ3v) is 12.8. The van der Waals surface area contributed by atoms with Crippen molar-refractivity contribution >= 4 is 11.9 Å². The Labute approximate surface area is 376 Å². The molecule has 0 aromatic rings. The van der Waals surface area contributed by atoms with Gasteiger partial charge in [0.2, 0.25) is 0 Å². The van der Waals surface area contributed by atoms with E-state index in [-0.39, 0.29) is 13.4 Å². The first kappa shape index (κ1) is 58.8. The van der Waals surface area contributed by atoms with Crippen LogP contribution in [0.25, 0.3) is 0 Å². The minimum atomic E-state index is -0.00615. The first-order chi connectivity index (χ1) is 29.4. The van der Waals surface area contributed by atoms with Crippen LogP contribution in [-0.4, -0.2) is 57.7 Å². The lowest BCUT2D eigenvalue weighted by atomic mass is 9.96. The Balaban J connectivity index is 0. The molecule has 0 rings (SSSR count). The Bertz CT molecular complexity index is 845. The maximum atomic E-state index is 12.2. The SMILES string of the molecule is CCCCCCC(CCCC)COCOCCCCCNC(CCCCCCCCC(=O)OCC(CC)CCCC)CCCCCCCCC(=O)OCC(CC)CCCC.[HH]. The second-order valence-electron chi connectivity index (χ2n) is 18.5. The Morgan fingerprint density at radius 3 is 1.33 bits per heavy atom. The standard InChI is InChI=1S/C53H105NO6.H2/c1-7-13-17-27-37-50(36-16-10-4)44-58-47-57-43-33-26-32-42-54-51(38-28-22-18-20-24-30-40-52(55)59-45-48(11-5)34-14-8-2)39-29-23-19-21-25-31-41-53(56)60-46-49(12-6)35-15-9-3;/h48-51,54H,7-47H2,1-6H3;1H. The second-order valence-corrected chi connectivity index (χ2v) is 18.5. The highest BCUT2D eigenvalue weighted by Gasteiger charge is 2.13. The van der Waals surface area contributed by atoms with Crippen molar-refractivity contribution in [3.63, 3.8) is 0 Å². The summed E-state index contributed by atoms with van der Waals surface area (Å²) >= 11 is 0. The van der Waals surface area contributed by atoms with Gasteiger partial charge in [-0.3, -0.25) is 9.59 Å². The van der Waals surface area contributed by atoms with Crippen molar-refractivity contribution in [2.75, 3.05) is 39.8 Å². The van der Waals surface area contributed by atoms with Crippen LogP contribution in [0, 0.1) is 17.8 Å². The molecule has 0 radical (unpaired) electrons. The molecule has 0 bridgehead atoms. The number of esters is 2. The van der Waals surface area contributed by atoms with Crippen molar-refractivity contribution in [1.29, 1.82) is 0 Å². The van der Waals surface area contributed by atoms with Gasteiger partial charge in [0.25, 0.3) is 0 Å². The van der Waals surface area contributed by atoms with E-state index < -0.39 is 0 Å². The zero-order chi connectivity index (χ0) is 44.0. The summed E-state index contributed by atoms with van der Waals surface area (Å²) in [6, 6.07) is 0.593. The molecule has 0 heterocycles. The van der Waals surface area contributed by atoms with Crippen LogP contribution in [0.5, 0.6) is 0 Å². The zero-order valence-electron chi connectivity index (χ0n) is 41.3. The van der Waals surface area contributed by atoms with Crippen LogP contribution in [0.3, 0.4) is 0 Å². The molecule has 7 nitrogen and oxygen atoms in total. The van der Waals surface area contributed by atoms with Gasteiger partial charge in [-0.2, -0.15) is 0 Å². The average molecular weight is 854 g/mol. The lowest BCUT2D eigenvalue weighted by Crippen LogP contribution is -2.30. The van der Waals surface area contributed by atoms with Gasteiger partial charge in [-0.25, -0.2) is 0 Å². The quantitative estimate of drug-likeness (QED) is 0.0371. The molecule has 0 aliphatic carbocycles. The van der Waals surface area contributed by atoms with Gasteiger partial charge in [0.05, 0.1) is 19.8 Å². The highest BCUT2D eigenvalue weighted by molar-refractivity contribution is 5.69. The maximum absolute atomic E-state index is 12.2. The molecule has 0 aromatic carbocycles. The molecular weight excluding hydrogens is 747 g/mol. The highest BCUT2D eigenvalue weighted by atomic mass is 16.7. The minimum absolute atomic E-state index is 0. The monoisotopic (exact) mass is 854 g/mol. The summed E-state index contributed by atoms with van der Waals surface area (Å²) in [7, 11) is 0. The van der Waals surface area contributed by atoms with Gasteiger partial charge in [0, 0.05) is 26.9 Å². The first-order valence-corrected chi connectivity index (χ1v) is 26.6. The molecule has 0 aliphatic heterocycles. The third-order valence-electron chi connectivity index (χ3n) is 12.8. The number of ether oxygens (including phenoxy) is 4. The Kier molecular flexibility index (Phi) is 46.4. The van der Waals surface area contributed by atoms with E-state index >= 15 is 0 Å². The van der Waals surface area contributed by atoms with E-state index in [2.05, 4.69) is 46.9 Å². The van der Waals surface area contributed by atoms with E-state index in [9.17, 15) is 9.59 Å². The average Bonchev–Trinajstić information content (AvgIpc) is 3.26. The Morgan fingerprint density at radius 1 is 0.417 bits per heavy atom. The van der Waals surface area contributed by atoms with Crippen molar-refractivity contribution in [2.45, 2.75) is 272 Å². The maximum Gasteiger partial charge on any atom is 0.305 e. The number of hydrogen-bond acceptors (Lipinski definition) is 7. The van der Waals surface area contributed by atoms with Gasteiger partial charge >= 0.3 is 11.9 Å². The molecule has 7 heteroatoms. The predicted molar refractivity (Wildman–Crippen MR) is 259 cm³/mol. The Hall–Kier alpha value is -1.18. The van der Waals surface area contributed by atoms with Crippen molar-refractivity contribution < 1.29 is 30.0 Å². The summed E-state index contributed by atoms with van der Waals surface area (Å²) in [6.45, 7) is 17.8. The van der Waals surface area contributed by atoms with Crippen LogP contribution >= 0.6 is 0 Å². The van der Waals surface area contributed by atoms with E-state index in [1.165, 1.54) is 167 Å². The van der Waals surface area contributed by atoms with Gasteiger partial charge in [-0.05, 0) is 94.9 Å². The number of carbonyl (C=O) groups excluding carboxylic acids is 2. The van der Waals surface area contributed by atoms with Gasteiger partial charge < -0.3 is 24.3 Å². The van der Waals surface area contributed by atoms with Crippen LogP contribution in [0.4, 0.5) is 0 Å². The molecule has 0 saturated heterocycles. The topological polar surface area (TPSA) is 83.1 Å². The number of hydrogen-bond donors (Lipinski definition) is 1. The summed E-state index contributed by atoms with van der Waals surface area (Å²) in [5, 5.41) is 3.93. The molecule has 0 saturated carbocycles. The second kappa shape index (κ2) is 47.3. The summed E-state index contributed by atoms with van der Waals surface area (Å²) < 4.78 is 23.0. The summed E-state index contributed by atoms with van der Waals surface area (Å²) in [4.78, 5) is 24.5. The highest BCUT2D eigenvalue weighted by Crippen LogP contribution is 2.20. The van der Waals surface area contributed by atoms with Gasteiger partial charge in [0.15, 0.2) is 0 Å². The molecule has 3 atom stereocenters. The number of nitrogens with one attached hydrogen (secondary N) is 1. The molecule has 60 heavy (non-hydrogen) atoms. The zero-order valence-corrected chi connectivity index (χ0v) is 41.3. The summed E-state index contributed by atoms with van der Waals surface area (Å²) in [5.74, 6) is 1.72. The number of rotatable bonds is 49. The molecule has 360 valence electrons. The van der Waals surface area contributed by atoms with E-state index in [4.69, 9.17) is 18.9 Å². The molecule has 3 unspecified atom stereocenters. The van der Waals surface area contributed by atoms with Gasteiger partial charge in [-0.1, -0.05) is 183 Å². The van der Waals surface area contributed by atoms with Crippen LogP contribution in [-0.2, 0) is 28.5 Å². The molecule has 0 aromatic heterocycles. The minimum Gasteiger partial charge on any atom is -0.465 e. The smallest absolute Gasteiger partial charge is 0.305 e. The van der Waals surface area contributed by atoms with Crippen molar-refractivity contribution in [3.05, 3.63) is 0 Å². The van der Waals surface area contributed by atoms with Crippen molar-refractivity contribution in [1.82, 2.24) is 5.32 Å². The van der Waals surface area contributed by atoms with Crippen LogP contribution in [0.2, 0.25) is 0 Å². The lowest BCUT2D eigenvalue weighted by molar-refractivity contribution is -0.146. The molecule has 0 spiro atoms.